The maximum atomic E-state index is 11.1. The predicted octanol–water partition coefficient (Wildman–Crippen LogP) is 4.99. The topological polar surface area (TPSA) is 41.5 Å². The van der Waals surface area contributed by atoms with Gasteiger partial charge >= 0.3 is 0 Å². The van der Waals surface area contributed by atoms with E-state index in [1.54, 1.807) is 7.11 Å². The number of hydrogen-bond acceptors (Lipinski definition) is 3. The molecule has 3 nitrogen and oxygen atoms in total. The van der Waals surface area contributed by atoms with Crippen molar-refractivity contribution in [3.05, 3.63) is 70.9 Å². The van der Waals surface area contributed by atoms with Gasteiger partial charge in [-0.25, -0.2) is 0 Å². The SMILES string of the molecule is COc1ccc(C(O)C2NC(C3CCCCC3)=Cc3ccccc32)cc1. The highest BCUT2D eigenvalue weighted by Gasteiger charge is 2.30. The Bertz CT molecular complexity index is 775. The molecule has 0 bridgehead atoms. The van der Waals surface area contributed by atoms with Crippen LogP contribution in [0.2, 0.25) is 0 Å². The predicted molar refractivity (Wildman–Crippen MR) is 105 cm³/mol. The van der Waals surface area contributed by atoms with Gasteiger partial charge in [-0.2, -0.15) is 0 Å². The first-order valence-corrected chi connectivity index (χ1v) is 9.65. The number of methoxy groups -OCH3 is 1. The second-order valence-electron chi connectivity index (χ2n) is 7.40. The third-order valence-corrected chi connectivity index (χ3v) is 5.78. The highest BCUT2D eigenvalue weighted by atomic mass is 16.5. The molecule has 2 N–H and O–H groups in total. The molecule has 4 rings (SSSR count). The number of aliphatic hydroxyl groups excluding tert-OH is 1. The fourth-order valence-corrected chi connectivity index (χ4v) is 4.28. The number of rotatable bonds is 4. The summed E-state index contributed by atoms with van der Waals surface area (Å²) in [5, 5.41) is 14.8. The zero-order valence-electron chi connectivity index (χ0n) is 15.3. The Morgan fingerprint density at radius 2 is 1.73 bits per heavy atom. The van der Waals surface area contributed by atoms with E-state index >= 15 is 0 Å². The van der Waals surface area contributed by atoms with Crippen LogP contribution in [0.4, 0.5) is 0 Å². The van der Waals surface area contributed by atoms with Crippen LogP contribution in [0.5, 0.6) is 5.75 Å². The summed E-state index contributed by atoms with van der Waals surface area (Å²) in [5.41, 5.74) is 4.59. The lowest BCUT2D eigenvalue weighted by atomic mass is 9.82. The molecule has 2 unspecified atom stereocenters. The first-order chi connectivity index (χ1) is 12.8. The van der Waals surface area contributed by atoms with Crippen molar-refractivity contribution in [3.63, 3.8) is 0 Å². The van der Waals surface area contributed by atoms with Gasteiger partial charge in [0.15, 0.2) is 0 Å². The molecule has 1 heterocycles. The summed E-state index contributed by atoms with van der Waals surface area (Å²) in [4.78, 5) is 0. The number of fused-ring (bicyclic) bond motifs is 1. The number of allylic oxidation sites excluding steroid dienone is 1. The summed E-state index contributed by atoms with van der Waals surface area (Å²) in [6, 6.07) is 16.0. The second kappa shape index (κ2) is 7.55. The highest BCUT2D eigenvalue weighted by Crippen LogP contribution is 2.39. The summed E-state index contributed by atoms with van der Waals surface area (Å²) in [6.45, 7) is 0. The number of ether oxygens (including phenoxy) is 1. The van der Waals surface area contributed by atoms with Crippen LogP contribution in [0.3, 0.4) is 0 Å². The molecule has 26 heavy (non-hydrogen) atoms. The van der Waals surface area contributed by atoms with Gasteiger partial charge in [-0.1, -0.05) is 55.7 Å². The second-order valence-corrected chi connectivity index (χ2v) is 7.40. The van der Waals surface area contributed by atoms with E-state index in [0.29, 0.717) is 5.92 Å². The lowest BCUT2D eigenvalue weighted by Crippen LogP contribution is -2.33. The molecule has 136 valence electrons. The van der Waals surface area contributed by atoms with Gasteiger partial charge in [0.1, 0.15) is 11.9 Å². The lowest BCUT2D eigenvalue weighted by molar-refractivity contribution is 0.130. The molecule has 2 aromatic rings. The van der Waals surface area contributed by atoms with E-state index in [4.69, 9.17) is 4.74 Å². The molecule has 1 fully saturated rings. The van der Waals surface area contributed by atoms with Crippen molar-refractivity contribution in [1.29, 1.82) is 0 Å². The van der Waals surface area contributed by atoms with Gasteiger partial charge in [0, 0.05) is 5.70 Å². The van der Waals surface area contributed by atoms with Crippen molar-refractivity contribution in [2.24, 2.45) is 5.92 Å². The van der Waals surface area contributed by atoms with Crippen LogP contribution < -0.4 is 10.1 Å². The first kappa shape index (κ1) is 17.2. The Balaban J connectivity index is 1.65. The van der Waals surface area contributed by atoms with Gasteiger partial charge in [-0.05, 0) is 53.7 Å². The Morgan fingerprint density at radius 3 is 2.46 bits per heavy atom. The molecule has 1 aliphatic carbocycles. The van der Waals surface area contributed by atoms with E-state index in [0.717, 1.165) is 16.9 Å². The number of nitrogens with one attached hydrogen (secondary N) is 1. The van der Waals surface area contributed by atoms with Crippen molar-refractivity contribution < 1.29 is 9.84 Å². The Labute approximate surface area is 155 Å². The molecule has 0 aromatic heterocycles. The minimum absolute atomic E-state index is 0.124. The molecule has 1 saturated carbocycles. The van der Waals surface area contributed by atoms with Crippen LogP contribution in [0.15, 0.2) is 54.2 Å². The molecule has 1 aliphatic heterocycles. The smallest absolute Gasteiger partial charge is 0.118 e. The van der Waals surface area contributed by atoms with Crippen molar-refractivity contribution >= 4 is 6.08 Å². The molecule has 2 aliphatic rings. The minimum Gasteiger partial charge on any atom is -0.497 e. The monoisotopic (exact) mass is 349 g/mol. The first-order valence-electron chi connectivity index (χ1n) is 9.65. The minimum atomic E-state index is -0.602. The summed E-state index contributed by atoms with van der Waals surface area (Å²) in [6.07, 6.45) is 8.13. The Morgan fingerprint density at radius 1 is 1.00 bits per heavy atom. The van der Waals surface area contributed by atoms with Crippen LogP contribution in [0, 0.1) is 5.92 Å². The van der Waals surface area contributed by atoms with E-state index in [1.807, 2.05) is 30.3 Å². The average molecular weight is 349 g/mol. The molecule has 0 radical (unpaired) electrons. The number of benzene rings is 2. The molecule has 0 saturated heterocycles. The van der Waals surface area contributed by atoms with Crippen molar-refractivity contribution in [2.75, 3.05) is 7.11 Å². The van der Waals surface area contributed by atoms with E-state index < -0.39 is 6.10 Å². The maximum absolute atomic E-state index is 11.1. The van der Waals surface area contributed by atoms with E-state index in [1.165, 1.54) is 43.4 Å². The molecule has 2 atom stereocenters. The fourth-order valence-electron chi connectivity index (χ4n) is 4.28. The molecular weight excluding hydrogens is 322 g/mol. The van der Waals surface area contributed by atoms with E-state index in [-0.39, 0.29) is 6.04 Å². The molecule has 0 amide bonds. The van der Waals surface area contributed by atoms with E-state index in [2.05, 4.69) is 29.6 Å². The van der Waals surface area contributed by atoms with Crippen molar-refractivity contribution in [3.8, 4) is 5.75 Å². The van der Waals surface area contributed by atoms with Crippen LogP contribution in [0.25, 0.3) is 6.08 Å². The lowest BCUT2D eigenvalue weighted by Gasteiger charge is -2.36. The van der Waals surface area contributed by atoms with Crippen molar-refractivity contribution in [2.45, 2.75) is 44.2 Å². The third kappa shape index (κ3) is 3.36. The Kier molecular flexibility index (Phi) is 4.98. The Hall–Kier alpha value is -2.26. The number of aliphatic hydroxyl groups is 1. The molecular formula is C23H27NO2. The number of hydrogen-bond donors (Lipinski definition) is 2. The van der Waals surface area contributed by atoms with Gasteiger partial charge in [0.25, 0.3) is 0 Å². The van der Waals surface area contributed by atoms with Crippen LogP contribution in [-0.4, -0.2) is 12.2 Å². The van der Waals surface area contributed by atoms with Gasteiger partial charge in [0.2, 0.25) is 0 Å². The van der Waals surface area contributed by atoms with Gasteiger partial charge in [0.05, 0.1) is 13.2 Å². The van der Waals surface area contributed by atoms with Crippen LogP contribution in [-0.2, 0) is 0 Å². The van der Waals surface area contributed by atoms with E-state index in [9.17, 15) is 5.11 Å². The highest BCUT2D eigenvalue weighted by molar-refractivity contribution is 5.61. The zero-order valence-corrected chi connectivity index (χ0v) is 15.3. The maximum Gasteiger partial charge on any atom is 0.118 e. The van der Waals surface area contributed by atoms with Gasteiger partial charge in [-0.3, -0.25) is 0 Å². The standard InChI is InChI=1S/C23H27NO2/c1-26-19-13-11-17(12-14-19)23(25)22-20-10-6-5-9-18(20)15-21(24-22)16-7-3-2-4-8-16/h5-6,9-16,22-25H,2-4,7-8H2,1H3. The normalized spacial score (nSPS) is 21.3. The summed E-state index contributed by atoms with van der Waals surface area (Å²) in [7, 11) is 1.66. The largest absolute Gasteiger partial charge is 0.497 e. The quantitative estimate of drug-likeness (QED) is 0.817. The van der Waals surface area contributed by atoms with Gasteiger partial charge in [-0.15, -0.1) is 0 Å². The summed E-state index contributed by atoms with van der Waals surface area (Å²) < 4.78 is 5.24. The van der Waals surface area contributed by atoms with Gasteiger partial charge < -0.3 is 15.2 Å². The summed E-state index contributed by atoms with van der Waals surface area (Å²) >= 11 is 0. The molecule has 2 aromatic carbocycles. The average Bonchev–Trinajstić information content (AvgIpc) is 2.73. The third-order valence-electron chi connectivity index (χ3n) is 5.78. The molecule has 0 spiro atoms. The van der Waals surface area contributed by atoms with Crippen LogP contribution in [0.1, 0.15) is 60.9 Å². The van der Waals surface area contributed by atoms with Crippen molar-refractivity contribution in [1.82, 2.24) is 5.32 Å². The van der Waals surface area contributed by atoms with Crippen LogP contribution >= 0.6 is 0 Å². The molecule has 3 heteroatoms. The fraction of sp³-hybridized carbons (Fsp3) is 0.391. The summed E-state index contributed by atoms with van der Waals surface area (Å²) in [5.74, 6) is 1.39. The zero-order chi connectivity index (χ0) is 17.9.